The van der Waals surface area contributed by atoms with Crippen LogP contribution in [0, 0.1) is 5.92 Å². The Morgan fingerprint density at radius 1 is 1.37 bits per heavy atom. The Morgan fingerprint density at radius 2 is 2.11 bits per heavy atom. The van der Waals surface area contributed by atoms with Crippen molar-refractivity contribution in [2.24, 2.45) is 5.92 Å². The number of ether oxygens (including phenoxy) is 3. The highest BCUT2D eigenvalue weighted by atomic mass is 16.6. The average Bonchev–Trinajstić information content (AvgIpc) is 2.81. The highest BCUT2D eigenvalue weighted by molar-refractivity contribution is 5.69. The Labute approximate surface area is 112 Å². The summed E-state index contributed by atoms with van der Waals surface area (Å²) in [4.78, 5) is 11.2. The fourth-order valence-corrected chi connectivity index (χ4v) is 2.06. The molecule has 1 saturated heterocycles. The summed E-state index contributed by atoms with van der Waals surface area (Å²) in [6.07, 6.45) is -1.15. The molecule has 5 heteroatoms. The van der Waals surface area contributed by atoms with Crippen molar-refractivity contribution >= 4 is 6.09 Å². The van der Waals surface area contributed by atoms with E-state index < -0.39 is 12.3 Å². The Morgan fingerprint density at radius 3 is 2.79 bits per heavy atom. The maximum atomic E-state index is 11.2. The predicted octanol–water partition coefficient (Wildman–Crippen LogP) is 1.92. The Balaban J connectivity index is 1.78. The van der Waals surface area contributed by atoms with Gasteiger partial charge in [-0.2, -0.15) is 0 Å². The lowest BCUT2D eigenvalue weighted by atomic mass is 10.1. The molecule has 0 radical (unpaired) electrons. The van der Waals surface area contributed by atoms with Gasteiger partial charge in [0.15, 0.2) is 12.3 Å². The molecule has 2 rings (SSSR count). The molecule has 1 aromatic carbocycles. The van der Waals surface area contributed by atoms with Crippen LogP contribution < -0.4 is 5.32 Å². The number of amides is 1. The van der Waals surface area contributed by atoms with Gasteiger partial charge in [-0.05, 0) is 5.56 Å². The van der Waals surface area contributed by atoms with E-state index in [1.54, 1.807) is 7.11 Å². The molecule has 1 fully saturated rings. The van der Waals surface area contributed by atoms with Crippen LogP contribution in [0.5, 0.6) is 0 Å². The van der Waals surface area contributed by atoms with Crippen LogP contribution in [0.2, 0.25) is 0 Å². The van der Waals surface area contributed by atoms with E-state index in [1.807, 2.05) is 37.3 Å². The van der Waals surface area contributed by atoms with Crippen molar-refractivity contribution < 1.29 is 19.0 Å². The summed E-state index contributed by atoms with van der Waals surface area (Å²) >= 11 is 0. The van der Waals surface area contributed by atoms with Crippen molar-refractivity contribution in [1.82, 2.24) is 5.32 Å². The second kappa shape index (κ2) is 6.54. The smallest absolute Gasteiger partial charge is 0.409 e. The molecule has 0 aromatic heterocycles. The predicted molar refractivity (Wildman–Crippen MR) is 69.5 cm³/mol. The van der Waals surface area contributed by atoms with Crippen LogP contribution in [-0.2, 0) is 20.8 Å². The van der Waals surface area contributed by atoms with Gasteiger partial charge in [-0.1, -0.05) is 37.3 Å². The van der Waals surface area contributed by atoms with Gasteiger partial charge in [0, 0.05) is 13.0 Å². The maximum absolute atomic E-state index is 11.2. The van der Waals surface area contributed by atoms with E-state index in [0.29, 0.717) is 13.2 Å². The molecule has 0 saturated carbocycles. The molecule has 5 nitrogen and oxygen atoms in total. The summed E-state index contributed by atoms with van der Waals surface area (Å²) < 4.78 is 16.0. The Kier molecular flexibility index (Phi) is 4.76. The number of hydrogen-bond donors (Lipinski definition) is 1. The minimum atomic E-state index is -0.438. The fourth-order valence-electron chi connectivity index (χ4n) is 2.06. The van der Waals surface area contributed by atoms with Crippen LogP contribution in [0.4, 0.5) is 4.79 Å². The summed E-state index contributed by atoms with van der Waals surface area (Å²) in [5.74, 6) is 0.0626. The van der Waals surface area contributed by atoms with Gasteiger partial charge in [0.05, 0.1) is 13.2 Å². The number of carbonyl (C=O) groups excluding carboxylic acids is 1. The fraction of sp³-hybridized carbons (Fsp3) is 0.500. The standard InChI is InChI=1S/C14H19NO4/c1-10(12-13(17-2)15-14(16)19-12)8-18-9-11-6-4-3-5-7-11/h3-7,10,12-13H,8-9H2,1-2H3,(H,15,16)/t10-,12-,13-/m1/s1. The molecule has 1 aromatic rings. The topological polar surface area (TPSA) is 56.8 Å². The summed E-state index contributed by atoms with van der Waals surface area (Å²) in [6.45, 7) is 3.03. The minimum absolute atomic E-state index is 0.0626. The highest BCUT2D eigenvalue weighted by Gasteiger charge is 2.37. The quantitative estimate of drug-likeness (QED) is 0.853. The van der Waals surface area contributed by atoms with E-state index >= 15 is 0 Å². The Bertz CT molecular complexity index is 409. The van der Waals surface area contributed by atoms with Gasteiger partial charge >= 0.3 is 6.09 Å². The maximum Gasteiger partial charge on any atom is 0.409 e. The molecule has 1 amide bonds. The van der Waals surface area contributed by atoms with Gasteiger partial charge in [0.2, 0.25) is 0 Å². The molecule has 19 heavy (non-hydrogen) atoms. The second-order valence-corrected chi connectivity index (χ2v) is 4.65. The molecule has 0 bridgehead atoms. The molecular formula is C14H19NO4. The van der Waals surface area contributed by atoms with Gasteiger partial charge in [0.1, 0.15) is 0 Å². The minimum Gasteiger partial charge on any atom is -0.441 e. The van der Waals surface area contributed by atoms with Gasteiger partial charge in [0.25, 0.3) is 0 Å². The number of cyclic esters (lactones) is 1. The Hall–Kier alpha value is -1.59. The summed E-state index contributed by atoms with van der Waals surface area (Å²) in [5, 5.41) is 2.60. The first-order chi connectivity index (χ1) is 9.20. The van der Waals surface area contributed by atoms with Crippen LogP contribution in [0.25, 0.3) is 0 Å². The van der Waals surface area contributed by atoms with Crippen molar-refractivity contribution in [3.8, 4) is 0 Å². The van der Waals surface area contributed by atoms with Crippen molar-refractivity contribution in [2.45, 2.75) is 25.9 Å². The van der Waals surface area contributed by atoms with Crippen molar-refractivity contribution in [3.05, 3.63) is 35.9 Å². The lowest BCUT2D eigenvalue weighted by Gasteiger charge is -2.21. The van der Waals surface area contributed by atoms with Crippen LogP contribution >= 0.6 is 0 Å². The van der Waals surface area contributed by atoms with E-state index in [1.165, 1.54) is 0 Å². The summed E-state index contributed by atoms with van der Waals surface area (Å²) in [6, 6.07) is 9.95. The third-order valence-corrected chi connectivity index (χ3v) is 3.11. The third-order valence-electron chi connectivity index (χ3n) is 3.11. The van der Waals surface area contributed by atoms with Crippen molar-refractivity contribution in [2.75, 3.05) is 13.7 Å². The number of rotatable bonds is 6. The van der Waals surface area contributed by atoms with Crippen LogP contribution in [0.15, 0.2) is 30.3 Å². The lowest BCUT2D eigenvalue weighted by Crippen LogP contribution is -2.38. The van der Waals surface area contributed by atoms with E-state index in [-0.39, 0.29) is 12.0 Å². The molecule has 1 aliphatic heterocycles. The molecular weight excluding hydrogens is 246 g/mol. The first-order valence-corrected chi connectivity index (χ1v) is 6.32. The molecule has 0 aliphatic carbocycles. The van der Waals surface area contributed by atoms with Crippen LogP contribution in [0.3, 0.4) is 0 Å². The third kappa shape index (κ3) is 3.68. The van der Waals surface area contributed by atoms with Crippen LogP contribution in [-0.4, -0.2) is 32.1 Å². The highest BCUT2D eigenvalue weighted by Crippen LogP contribution is 2.19. The number of alkyl carbamates (subject to hydrolysis) is 1. The first-order valence-electron chi connectivity index (χ1n) is 6.32. The first kappa shape index (κ1) is 13.8. The summed E-state index contributed by atoms with van der Waals surface area (Å²) in [5.41, 5.74) is 1.12. The SMILES string of the molecule is CO[C@H]1NC(=O)O[C@@H]1[C@H](C)COCc1ccccc1. The molecule has 1 aliphatic rings. The second-order valence-electron chi connectivity index (χ2n) is 4.65. The number of benzene rings is 1. The monoisotopic (exact) mass is 265 g/mol. The molecule has 1 heterocycles. The van der Waals surface area contributed by atoms with Crippen molar-refractivity contribution in [3.63, 3.8) is 0 Å². The van der Waals surface area contributed by atoms with E-state index in [2.05, 4.69) is 5.32 Å². The molecule has 0 spiro atoms. The van der Waals surface area contributed by atoms with Gasteiger partial charge in [-0.3, -0.25) is 5.32 Å². The van der Waals surface area contributed by atoms with Crippen molar-refractivity contribution in [1.29, 1.82) is 0 Å². The zero-order chi connectivity index (χ0) is 13.7. The average molecular weight is 265 g/mol. The zero-order valence-electron chi connectivity index (χ0n) is 11.2. The zero-order valence-corrected chi connectivity index (χ0v) is 11.2. The molecule has 0 unspecified atom stereocenters. The number of hydrogen-bond acceptors (Lipinski definition) is 4. The molecule has 1 N–H and O–H groups in total. The number of nitrogens with one attached hydrogen (secondary N) is 1. The largest absolute Gasteiger partial charge is 0.441 e. The molecule has 104 valence electrons. The van der Waals surface area contributed by atoms with Gasteiger partial charge < -0.3 is 14.2 Å². The van der Waals surface area contributed by atoms with E-state index in [9.17, 15) is 4.79 Å². The van der Waals surface area contributed by atoms with Gasteiger partial charge in [-0.15, -0.1) is 0 Å². The summed E-state index contributed by atoms with van der Waals surface area (Å²) in [7, 11) is 1.55. The van der Waals surface area contributed by atoms with Gasteiger partial charge in [-0.25, -0.2) is 4.79 Å². The van der Waals surface area contributed by atoms with Crippen LogP contribution in [0.1, 0.15) is 12.5 Å². The van der Waals surface area contributed by atoms with E-state index in [4.69, 9.17) is 14.2 Å². The van der Waals surface area contributed by atoms with E-state index in [0.717, 1.165) is 5.56 Å². The molecule has 3 atom stereocenters. The number of methoxy groups -OCH3 is 1. The lowest BCUT2D eigenvalue weighted by molar-refractivity contribution is -0.0315. The number of carbonyl (C=O) groups is 1. The normalized spacial score (nSPS) is 23.8.